The number of hydrogen-bond acceptors (Lipinski definition) is 7. The Morgan fingerprint density at radius 1 is 1.33 bits per heavy atom. The van der Waals surface area contributed by atoms with Gasteiger partial charge in [0.25, 0.3) is 0 Å². The molecule has 0 saturated heterocycles. The molecule has 0 radical (unpaired) electrons. The van der Waals surface area contributed by atoms with Crippen molar-refractivity contribution in [2.24, 2.45) is 28.3 Å². The lowest BCUT2D eigenvalue weighted by atomic mass is 9.54. The van der Waals surface area contributed by atoms with Gasteiger partial charge in [-0.1, -0.05) is 12.1 Å². The van der Waals surface area contributed by atoms with Crippen LogP contribution in [0.25, 0.3) is 11.1 Å². The molecule has 2 aromatic heterocycles. The maximum absolute atomic E-state index is 12.8. The fraction of sp³-hybridized carbons (Fsp3) is 0.571. The zero-order chi connectivity index (χ0) is 25.0. The summed E-state index contributed by atoms with van der Waals surface area (Å²) in [7, 11) is 1.65. The molecule has 2 saturated carbocycles. The second-order valence-corrected chi connectivity index (χ2v) is 12.3. The average molecular weight is 507 g/mol. The molecule has 1 aromatic carbocycles. The van der Waals surface area contributed by atoms with Crippen molar-refractivity contribution < 1.29 is 14.0 Å². The molecule has 1 N–H and O–H groups in total. The molecular weight excluding hydrogens is 472 g/mol. The molecule has 8 heteroatoms. The molecule has 2 heterocycles. The Morgan fingerprint density at radius 2 is 2.19 bits per heavy atom. The molecule has 190 valence electrons. The minimum atomic E-state index is 0.0246. The molecule has 3 aromatic rings. The number of rotatable bonds is 5. The summed E-state index contributed by atoms with van der Waals surface area (Å²) in [6.45, 7) is 6.31. The van der Waals surface area contributed by atoms with Crippen LogP contribution in [0.2, 0.25) is 0 Å². The van der Waals surface area contributed by atoms with Crippen molar-refractivity contribution in [1.29, 1.82) is 0 Å². The highest BCUT2D eigenvalue weighted by molar-refractivity contribution is 7.15. The number of fused-ring (bicyclic) bond motifs is 6. The van der Waals surface area contributed by atoms with Crippen LogP contribution in [-0.4, -0.2) is 28.7 Å². The number of thiazole rings is 1. The first-order valence-electron chi connectivity index (χ1n) is 13.1. The number of benzene rings is 1. The number of nitrogens with one attached hydrogen (secondary N) is 1. The number of aromatic nitrogens is 2. The molecule has 3 aliphatic carbocycles. The largest absolute Gasteiger partial charge is 0.441 e. The molecule has 36 heavy (non-hydrogen) atoms. The number of amides is 1. The van der Waals surface area contributed by atoms with Crippen LogP contribution in [0.15, 0.2) is 27.9 Å². The summed E-state index contributed by atoms with van der Waals surface area (Å²) < 4.78 is 5.83. The Balaban J connectivity index is 1.27. The maximum Gasteiger partial charge on any atom is 0.226 e. The standard InChI is InChI=1S/C28H34N4O3S/c1-15-14-29-27(36-15)31-25(33)8-6-18-12-24(32-34-4)28(3)10-9-19-20(26(18)28)7-5-17-11-23-22(13-21(17)19)30-16(2)35-23/h11,13-14,18-20,26H,5-10,12H2,1-4H3,(H,29,31,33)/b32-24+/t18-,19?,20?,26?,28-/m1/s1. The minimum absolute atomic E-state index is 0.0246. The smallest absolute Gasteiger partial charge is 0.226 e. The van der Waals surface area contributed by atoms with Gasteiger partial charge in [0, 0.05) is 29.8 Å². The summed E-state index contributed by atoms with van der Waals surface area (Å²) in [5.41, 5.74) is 5.96. The highest BCUT2D eigenvalue weighted by Crippen LogP contribution is 2.62. The summed E-state index contributed by atoms with van der Waals surface area (Å²) in [5.74, 6) is 2.77. The van der Waals surface area contributed by atoms with Gasteiger partial charge in [-0.3, -0.25) is 4.79 Å². The van der Waals surface area contributed by atoms with E-state index in [2.05, 4.69) is 39.5 Å². The lowest BCUT2D eigenvalue weighted by Gasteiger charge is -2.50. The van der Waals surface area contributed by atoms with E-state index >= 15 is 0 Å². The van der Waals surface area contributed by atoms with Crippen LogP contribution in [0.5, 0.6) is 0 Å². The number of aryl methyl sites for hydroxylation is 3. The van der Waals surface area contributed by atoms with E-state index in [-0.39, 0.29) is 11.3 Å². The van der Waals surface area contributed by atoms with Gasteiger partial charge < -0.3 is 14.6 Å². The van der Waals surface area contributed by atoms with Gasteiger partial charge in [-0.25, -0.2) is 9.97 Å². The summed E-state index contributed by atoms with van der Waals surface area (Å²) >= 11 is 1.52. The van der Waals surface area contributed by atoms with Crippen molar-refractivity contribution in [3.8, 4) is 0 Å². The Morgan fingerprint density at radius 3 is 2.97 bits per heavy atom. The van der Waals surface area contributed by atoms with E-state index < -0.39 is 0 Å². The van der Waals surface area contributed by atoms with Gasteiger partial charge in [0.1, 0.15) is 12.6 Å². The lowest BCUT2D eigenvalue weighted by Crippen LogP contribution is -2.44. The topological polar surface area (TPSA) is 89.6 Å². The average Bonchev–Trinajstić information content (AvgIpc) is 3.50. The van der Waals surface area contributed by atoms with Gasteiger partial charge in [-0.15, -0.1) is 11.3 Å². The summed E-state index contributed by atoms with van der Waals surface area (Å²) in [4.78, 5) is 28.1. The zero-order valence-corrected chi connectivity index (χ0v) is 22.3. The highest BCUT2D eigenvalue weighted by Gasteiger charge is 2.57. The minimum Gasteiger partial charge on any atom is -0.441 e. The second-order valence-electron chi connectivity index (χ2n) is 11.1. The van der Waals surface area contributed by atoms with Crippen molar-refractivity contribution in [2.45, 2.75) is 71.6 Å². The number of oxazole rings is 1. The van der Waals surface area contributed by atoms with Crippen molar-refractivity contribution in [2.75, 3.05) is 12.4 Å². The van der Waals surface area contributed by atoms with Crippen LogP contribution < -0.4 is 5.32 Å². The molecule has 0 spiro atoms. The Hall–Kier alpha value is -2.74. The molecule has 6 rings (SSSR count). The quantitative estimate of drug-likeness (QED) is 0.404. The van der Waals surface area contributed by atoms with Gasteiger partial charge in [-0.2, -0.15) is 0 Å². The summed E-state index contributed by atoms with van der Waals surface area (Å²) in [6, 6.07) is 4.52. The molecular formula is C28H34N4O3S. The number of oxime groups is 1. The predicted octanol–water partition coefficient (Wildman–Crippen LogP) is 6.40. The number of carbonyl (C=O) groups is 1. The fourth-order valence-electron chi connectivity index (χ4n) is 7.62. The van der Waals surface area contributed by atoms with Crippen LogP contribution in [0.4, 0.5) is 5.13 Å². The molecule has 3 unspecified atom stereocenters. The molecule has 0 bridgehead atoms. The van der Waals surface area contributed by atoms with Gasteiger partial charge in [-0.05, 0) is 92.4 Å². The van der Waals surface area contributed by atoms with E-state index in [0.29, 0.717) is 35.2 Å². The van der Waals surface area contributed by atoms with Crippen LogP contribution in [0.3, 0.4) is 0 Å². The first-order valence-corrected chi connectivity index (χ1v) is 13.9. The fourth-order valence-corrected chi connectivity index (χ4v) is 8.30. The van der Waals surface area contributed by atoms with Crippen LogP contribution in [0, 0.1) is 37.0 Å². The van der Waals surface area contributed by atoms with E-state index in [1.54, 1.807) is 13.3 Å². The third-order valence-corrected chi connectivity index (χ3v) is 9.85. The van der Waals surface area contributed by atoms with E-state index in [4.69, 9.17) is 9.25 Å². The SMILES string of the molecule is CO/N=C1\C[C@@H](CCC(=O)Nc2ncc(C)s2)C2C3CCc4cc5oc(C)nc5cc4C3CC[C@]12C. The van der Waals surface area contributed by atoms with E-state index in [1.807, 2.05) is 13.8 Å². The molecule has 5 atom stereocenters. The van der Waals surface area contributed by atoms with E-state index in [9.17, 15) is 4.79 Å². The Labute approximate surface area is 215 Å². The van der Waals surface area contributed by atoms with Crippen molar-refractivity contribution in [1.82, 2.24) is 9.97 Å². The normalized spacial score (nSPS) is 30.2. The van der Waals surface area contributed by atoms with Crippen LogP contribution in [-0.2, 0) is 16.1 Å². The van der Waals surface area contributed by atoms with Gasteiger partial charge >= 0.3 is 0 Å². The van der Waals surface area contributed by atoms with E-state index in [1.165, 1.54) is 28.2 Å². The van der Waals surface area contributed by atoms with Crippen molar-refractivity contribution in [3.63, 3.8) is 0 Å². The molecule has 3 aliphatic rings. The third kappa shape index (κ3) is 3.94. The number of nitrogens with zero attached hydrogens (tertiary/aromatic N) is 3. The number of carbonyl (C=O) groups excluding carboxylic acids is 1. The van der Waals surface area contributed by atoms with Crippen LogP contribution >= 0.6 is 11.3 Å². The highest BCUT2D eigenvalue weighted by atomic mass is 32.1. The summed E-state index contributed by atoms with van der Waals surface area (Å²) in [6.07, 6.45) is 8.54. The molecule has 7 nitrogen and oxygen atoms in total. The van der Waals surface area contributed by atoms with Gasteiger partial charge in [0.05, 0.1) is 5.71 Å². The first kappa shape index (κ1) is 23.6. The molecule has 2 fully saturated rings. The van der Waals surface area contributed by atoms with Crippen molar-refractivity contribution >= 4 is 39.2 Å². The zero-order valence-electron chi connectivity index (χ0n) is 21.5. The van der Waals surface area contributed by atoms with Crippen molar-refractivity contribution in [3.05, 3.63) is 40.2 Å². The van der Waals surface area contributed by atoms with Gasteiger partial charge in [0.15, 0.2) is 16.6 Å². The number of anilines is 1. The maximum atomic E-state index is 12.8. The second kappa shape index (κ2) is 8.98. The van der Waals surface area contributed by atoms with Gasteiger partial charge in [0.2, 0.25) is 5.91 Å². The van der Waals surface area contributed by atoms with E-state index in [0.717, 1.165) is 60.4 Å². The number of hydrogen-bond donors (Lipinski definition) is 1. The molecule has 0 aliphatic heterocycles. The predicted molar refractivity (Wildman–Crippen MR) is 141 cm³/mol. The Kier molecular flexibility index (Phi) is 5.90. The Bertz CT molecular complexity index is 1340. The monoisotopic (exact) mass is 506 g/mol. The summed E-state index contributed by atoms with van der Waals surface area (Å²) in [5, 5.41) is 8.22. The van der Waals surface area contributed by atoms with Crippen LogP contribution in [0.1, 0.15) is 73.3 Å². The lowest BCUT2D eigenvalue weighted by molar-refractivity contribution is -0.116. The third-order valence-electron chi connectivity index (χ3n) is 9.03. The molecule has 1 amide bonds. The first-order chi connectivity index (χ1) is 17.4.